The predicted molar refractivity (Wildman–Crippen MR) is 105 cm³/mol. The molecule has 0 radical (unpaired) electrons. The van der Waals surface area contributed by atoms with Crippen molar-refractivity contribution in [3.63, 3.8) is 0 Å². The molecule has 1 saturated carbocycles. The molecule has 1 saturated heterocycles. The molecular formula is C21H31N3O3. The van der Waals surface area contributed by atoms with Gasteiger partial charge in [0.25, 0.3) is 0 Å². The Morgan fingerprint density at radius 1 is 1.22 bits per heavy atom. The minimum atomic E-state index is -0.568. The Hall–Kier alpha value is -2.11. The molecule has 6 heteroatoms. The van der Waals surface area contributed by atoms with E-state index in [-0.39, 0.29) is 18.2 Å². The van der Waals surface area contributed by atoms with Gasteiger partial charge < -0.3 is 9.64 Å². The zero-order valence-corrected chi connectivity index (χ0v) is 16.7. The van der Waals surface area contributed by atoms with Gasteiger partial charge in [0.2, 0.25) is 6.41 Å². The minimum Gasteiger partial charge on any atom is -0.443 e. The summed E-state index contributed by atoms with van der Waals surface area (Å²) in [5, 5.41) is 0. The molecule has 2 amide bonds. The molecule has 1 aliphatic carbocycles. The van der Waals surface area contributed by atoms with Crippen molar-refractivity contribution in [1.82, 2.24) is 9.88 Å². The third-order valence-electron chi connectivity index (χ3n) is 5.36. The standard InChI is InChI=1S/C21H31N3O3/c1-21(2,3)27-20(26)24(16-9-5-4-6-10-16)19-17(11-7-13-22-19)18-12-8-14-23(18)15-25/h7,11,13,15-16,18H,4-6,8-10,12,14H2,1-3H3/t18-/m1/s1. The van der Waals surface area contributed by atoms with Crippen LogP contribution in [0.3, 0.4) is 0 Å². The Labute approximate surface area is 161 Å². The Bertz CT molecular complexity index is 665. The van der Waals surface area contributed by atoms with Crippen LogP contribution < -0.4 is 4.90 Å². The average Bonchev–Trinajstić information content (AvgIpc) is 3.10. The number of amides is 2. The molecule has 0 bridgehead atoms. The molecule has 1 atom stereocenters. The summed E-state index contributed by atoms with van der Waals surface area (Å²) in [7, 11) is 0. The number of anilines is 1. The topological polar surface area (TPSA) is 62.7 Å². The highest BCUT2D eigenvalue weighted by atomic mass is 16.6. The molecule has 2 heterocycles. The van der Waals surface area contributed by atoms with Crippen molar-refractivity contribution in [3.05, 3.63) is 23.9 Å². The van der Waals surface area contributed by atoms with E-state index in [9.17, 15) is 9.59 Å². The molecule has 1 aliphatic heterocycles. The molecule has 2 fully saturated rings. The van der Waals surface area contributed by atoms with Gasteiger partial charge in [-0.25, -0.2) is 9.78 Å². The van der Waals surface area contributed by atoms with Gasteiger partial charge >= 0.3 is 6.09 Å². The van der Waals surface area contributed by atoms with Crippen LogP contribution in [0, 0.1) is 0 Å². The number of carbonyl (C=O) groups is 2. The molecule has 0 N–H and O–H groups in total. The summed E-state index contributed by atoms with van der Waals surface area (Å²) in [6.07, 6.45) is 9.48. The zero-order valence-electron chi connectivity index (χ0n) is 16.7. The van der Waals surface area contributed by atoms with Crippen molar-refractivity contribution in [2.75, 3.05) is 11.4 Å². The lowest BCUT2D eigenvalue weighted by Gasteiger charge is -2.36. The normalized spacial score (nSPS) is 21.1. The van der Waals surface area contributed by atoms with E-state index in [4.69, 9.17) is 4.74 Å². The lowest BCUT2D eigenvalue weighted by Crippen LogP contribution is -2.45. The van der Waals surface area contributed by atoms with Crippen LogP contribution in [0.1, 0.15) is 77.3 Å². The van der Waals surface area contributed by atoms with Crippen LogP contribution in [0.2, 0.25) is 0 Å². The molecular weight excluding hydrogens is 342 g/mol. The van der Waals surface area contributed by atoms with Crippen molar-refractivity contribution >= 4 is 18.3 Å². The number of rotatable bonds is 4. The quantitative estimate of drug-likeness (QED) is 0.732. The van der Waals surface area contributed by atoms with Gasteiger partial charge in [-0.15, -0.1) is 0 Å². The van der Waals surface area contributed by atoms with Gasteiger partial charge in [-0.2, -0.15) is 0 Å². The number of carbonyl (C=O) groups excluding carboxylic acids is 2. The second-order valence-corrected chi connectivity index (χ2v) is 8.56. The molecule has 1 aromatic heterocycles. The highest BCUT2D eigenvalue weighted by Crippen LogP contribution is 2.38. The molecule has 2 aliphatic rings. The van der Waals surface area contributed by atoms with E-state index in [0.717, 1.165) is 57.0 Å². The van der Waals surface area contributed by atoms with Crippen LogP contribution in [0.15, 0.2) is 18.3 Å². The highest BCUT2D eigenvalue weighted by Gasteiger charge is 2.36. The van der Waals surface area contributed by atoms with E-state index in [1.165, 1.54) is 6.42 Å². The fraction of sp³-hybridized carbons (Fsp3) is 0.667. The number of hydrogen-bond donors (Lipinski definition) is 0. The number of pyridine rings is 1. The largest absolute Gasteiger partial charge is 0.443 e. The first-order valence-electron chi connectivity index (χ1n) is 10.1. The Balaban J connectivity index is 1.99. The van der Waals surface area contributed by atoms with Gasteiger partial charge in [0, 0.05) is 24.3 Å². The van der Waals surface area contributed by atoms with Crippen molar-refractivity contribution in [3.8, 4) is 0 Å². The van der Waals surface area contributed by atoms with E-state index in [2.05, 4.69) is 4.98 Å². The SMILES string of the molecule is CC(C)(C)OC(=O)N(c1ncccc1[C@H]1CCCN1C=O)C1CCCCC1. The molecule has 1 aromatic rings. The maximum absolute atomic E-state index is 13.2. The number of nitrogens with zero attached hydrogens (tertiary/aromatic N) is 3. The number of aromatic nitrogens is 1. The summed E-state index contributed by atoms with van der Waals surface area (Å²) < 4.78 is 5.74. The maximum atomic E-state index is 13.2. The Morgan fingerprint density at radius 2 is 1.96 bits per heavy atom. The molecule has 0 spiro atoms. The van der Waals surface area contributed by atoms with E-state index >= 15 is 0 Å². The fourth-order valence-corrected chi connectivity index (χ4v) is 4.18. The fourth-order valence-electron chi connectivity index (χ4n) is 4.18. The van der Waals surface area contributed by atoms with Gasteiger partial charge in [-0.05, 0) is 52.5 Å². The second kappa shape index (κ2) is 8.28. The first kappa shape index (κ1) is 19.6. The van der Waals surface area contributed by atoms with Crippen molar-refractivity contribution < 1.29 is 14.3 Å². The highest BCUT2D eigenvalue weighted by molar-refractivity contribution is 5.88. The summed E-state index contributed by atoms with van der Waals surface area (Å²) in [6, 6.07) is 3.94. The predicted octanol–water partition coefficient (Wildman–Crippen LogP) is 4.45. The monoisotopic (exact) mass is 373 g/mol. The van der Waals surface area contributed by atoms with Crippen LogP contribution in [0.25, 0.3) is 0 Å². The maximum Gasteiger partial charge on any atom is 0.416 e. The summed E-state index contributed by atoms with van der Waals surface area (Å²) in [6.45, 7) is 6.40. The third kappa shape index (κ3) is 4.60. The van der Waals surface area contributed by atoms with Crippen molar-refractivity contribution in [2.45, 2.75) is 83.4 Å². The van der Waals surface area contributed by atoms with Gasteiger partial charge in [0.15, 0.2) is 0 Å². The van der Waals surface area contributed by atoms with Crippen LogP contribution in [0.4, 0.5) is 10.6 Å². The molecule has 0 aromatic carbocycles. The van der Waals surface area contributed by atoms with Crippen molar-refractivity contribution in [1.29, 1.82) is 0 Å². The first-order valence-corrected chi connectivity index (χ1v) is 10.1. The average molecular weight is 373 g/mol. The van der Waals surface area contributed by atoms with Crippen molar-refractivity contribution in [2.24, 2.45) is 0 Å². The number of likely N-dealkylation sites (tertiary alicyclic amines) is 1. The number of hydrogen-bond acceptors (Lipinski definition) is 4. The van der Waals surface area contributed by atoms with Crippen LogP contribution >= 0.6 is 0 Å². The summed E-state index contributed by atoms with van der Waals surface area (Å²) >= 11 is 0. The van der Waals surface area contributed by atoms with Crippen LogP contribution in [-0.2, 0) is 9.53 Å². The molecule has 27 heavy (non-hydrogen) atoms. The summed E-state index contributed by atoms with van der Waals surface area (Å²) in [5.74, 6) is 0.650. The Morgan fingerprint density at radius 3 is 2.63 bits per heavy atom. The Kier molecular flexibility index (Phi) is 6.02. The van der Waals surface area contributed by atoms with Gasteiger partial charge in [0.05, 0.1) is 6.04 Å². The lowest BCUT2D eigenvalue weighted by atomic mass is 9.93. The number of ether oxygens (including phenoxy) is 1. The van der Waals surface area contributed by atoms with E-state index in [0.29, 0.717) is 5.82 Å². The molecule has 0 unspecified atom stereocenters. The molecule has 6 nitrogen and oxygen atoms in total. The van der Waals surface area contributed by atoms with E-state index in [1.807, 2.05) is 37.8 Å². The second-order valence-electron chi connectivity index (χ2n) is 8.56. The van der Waals surface area contributed by atoms with Crippen LogP contribution in [-0.4, -0.2) is 40.6 Å². The lowest BCUT2D eigenvalue weighted by molar-refractivity contribution is -0.118. The van der Waals surface area contributed by atoms with Crippen LogP contribution in [0.5, 0.6) is 0 Å². The smallest absolute Gasteiger partial charge is 0.416 e. The summed E-state index contributed by atoms with van der Waals surface area (Å²) in [4.78, 5) is 32.8. The van der Waals surface area contributed by atoms with Gasteiger partial charge in [-0.1, -0.05) is 25.3 Å². The molecule has 3 rings (SSSR count). The first-order chi connectivity index (χ1) is 12.9. The third-order valence-corrected chi connectivity index (χ3v) is 5.36. The van der Waals surface area contributed by atoms with E-state index in [1.54, 1.807) is 11.1 Å². The minimum absolute atomic E-state index is 0.0280. The molecule has 148 valence electrons. The van der Waals surface area contributed by atoms with Gasteiger partial charge in [0.1, 0.15) is 11.4 Å². The zero-order chi connectivity index (χ0) is 19.4. The van der Waals surface area contributed by atoms with E-state index < -0.39 is 5.60 Å². The van der Waals surface area contributed by atoms with Gasteiger partial charge in [-0.3, -0.25) is 9.69 Å². The summed E-state index contributed by atoms with van der Waals surface area (Å²) in [5.41, 5.74) is 0.375.